The van der Waals surface area contributed by atoms with E-state index in [1.54, 1.807) is 12.1 Å². The fourth-order valence-corrected chi connectivity index (χ4v) is 1.10. The number of halogens is 1. The highest BCUT2D eigenvalue weighted by atomic mass is 35.5. The van der Waals surface area contributed by atoms with Crippen LogP contribution in [-0.4, -0.2) is 23.4 Å². The molecule has 0 atom stereocenters. The van der Waals surface area contributed by atoms with Crippen LogP contribution >= 0.6 is 11.6 Å². The first-order valence-electron chi connectivity index (χ1n) is 4.18. The lowest BCUT2D eigenvalue weighted by molar-refractivity contribution is 0.277. The zero-order valence-electron chi connectivity index (χ0n) is 7.57. The molecule has 14 heavy (non-hydrogen) atoms. The minimum atomic E-state index is -0.197. The summed E-state index contributed by atoms with van der Waals surface area (Å²) in [6.07, 6.45) is 1.64. The quantitative estimate of drug-likeness (QED) is 0.748. The van der Waals surface area contributed by atoms with Crippen LogP contribution in [-0.2, 0) is 0 Å². The number of rotatable bonds is 3. The molecule has 1 rings (SSSR count). The predicted molar refractivity (Wildman–Crippen MR) is 57.1 cm³/mol. The molecule has 3 heteroatoms. The van der Waals surface area contributed by atoms with E-state index in [4.69, 9.17) is 21.8 Å². The van der Waals surface area contributed by atoms with Crippen LogP contribution in [0.4, 0.5) is 0 Å². The van der Waals surface area contributed by atoms with Crippen molar-refractivity contribution in [1.29, 1.82) is 0 Å². The number of benzene rings is 1. The normalized spacial score (nSPS) is 9.36. The summed E-state index contributed by atoms with van der Waals surface area (Å²) >= 11 is 5.89. The highest BCUT2D eigenvalue weighted by Crippen LogP contribution is 2.15. The first kappa shape index (κ1) is 11.0. The molecule has 1 aromatic rings. The first-order valence-corrected chi connectivity index (χ1v) is 4.56. The van der Waals surface area contributed by atoms with Gasteiger partial charge in [-0.2, -0.15) is 0 Å². The van der Waals surface area contributed by atoms with Crippen LogP contribution in [0.5, 0.6) is 0 Å². The van der Waals surface area contributed by atoms with Crippen LogP contribution in [0.1, 0.15) is 5.56 Å². The standard InChI is InChI=1S/C11H11ClO2/c12-11-4-2-1-3-10(11)6-5-9(7-13)8-14/h1-4,6,13-14H,7-8H2. The highest BCUT2D eigenvalue weighted by Gasteiger charge is 1.93. The summed E-state index contributed by atoms with van der Waals surface area (Å²) in [7, 11) is 0. The van der Waals surface area contributed by atoms with Gasteiger partial charge in [0.05, 0.1) is 13.2 Å². The van der Waals surface area contributed by atoms with Crippen molar-refractivity contribution in [1.82, 2.24) is 0 Å². The number of hydrogen-bond acceptors (Lipinski definition) is 2. The largest absolute Gasteiger partial charge is 0.391 e. The van der Waals surface area contributed by atoms with Gasteiger partial charge >= 0.3 is 0 Å². The van der Waals surface area contributed by atoms with E-state index in [2.05, 4.69) is 5.73 Å². The molecule has 0 fully saturated rings. The molecular weight excluding hydrogens is 200 g/mol. The van der Waals surface area contributed by atoms with Gasteiger partial charge in [-0.05, 0) is 12.1 Å². The molecule has 74 valence electrons. The molecular formula is C11H11ClO2. The SMILES string of the molecule is OCC(=C=Cc1ccccc1Cl)CO. The summed E-state index contributed by atoms with van der Waals surface area (Å²) in [5.41, 5.74) is 4.03. The average molecular weight is 211 g/mol. The third-order valence-electron chi connectivity index (χ3n) is 1.72. The van der Waals surface area contributed by atoms with E-state index in [0.717, 1.165) is 5.56 Å². The Labute approximate surface area is 87.8 Å². The van der Waals surface area contributed by atoms with E-state index in [9.17, 15) is 0 Å². The average Bonchev–Trinajstić information content (AvgIpc) is 2.22. The maximum absolute atomic E-state index is 8.76. The zero-order chi connectivity index (χ0) is 10.4. The van der Waals surface area contributed by atoms with Crippen LogP contribution in [0.3, 0.4) is 0 Å². The minimum Gasteiger partial charge on any atom is -0.391 e. The number of hydrogen-bond donors (Lipinski definition) is 2. The molecule has 2 nitrogen and oxygen atoms in total. The zero-order valence-corrected chi connectivity index (χ0v) is 8.33. The van der Waals surface area contributed by atoms with Gasteiger partial charge in [0.25, 0.3) is 0 Å². The van der Waals surface area contributed by atoms with Crippen LogP contribution < -0.4 is 0 Å². The third-order valence-corrected chi connectivity index (χ3v) is 2.06. The maximum Gasteiger partial charge on any atom is 0.0738 e. The smallest absolute Gasteiger partial charge is 0.0738 e. The molecule has 0 radical (unpaired) electrons. The lowest BCUT2D eigenvalue weighted by Crippen LogP contribution is -1.93. The highest BCUT2D eigenvalue weighted by molar-refractivity contribution is 6.32. The second-order valence-electron chi connectivity index (χ2n) is 2.73. The van der Waals surface area contributed by atoms with Gasteiger partial charge in [-0.1, -0.05) is 29.8 Å². The predicted octanol–water partition coefficient (Wildman–Crippen LogP) is 1.86. The lowest BCUT2D eigenvalue weighted by atomic mass is 10.2. The van der Waals surface area contributed by atoms with Crippen LogP contribution in [0.2, 0.25) is 5.02 Å². The van der Waals surface area contributed by atoms with E-state index in [1.165, 1.54) is 0 Å². The van der Waals surface area contributed by atoms with Gasteiger partial charge in [-0.25, -0.2) is 0 Å². The Morgan fingerprint density at radius 2 is 1.93 bits per heavy atom. The second kappa shape index (κ2) is 5.63. The van der Waals surface area contributed by atoms with Crippen molar-refractivity contribution in [3.63, 3.8) is 0 Å². The van der Waals surface area contributed by atoms with Crippen molar-refractivity contribution in [3.05, 3.63) is 46.2 Å². The molecule has 0 saturated carbocycles. The number of aliphatic hydroxyl groups excluding tert-OH is 2. The molecule has 0 unspecified atom stereocenters. The first-order chi connectivity index (χ1) is 6.77. The molecule has 0 saturated heterocycles. The fourth-order valence-electron chi connectivity index (χ4n) is 0.913. The molecule has 1 aromatic carbocycles. The maximum atomic E-state index is 8.76. The van der Waals surface area contributed by atoms with Crippen molar-refractivity contribution in [3.8, 4) is 0 Å². The topological polar surface area (TPSA) is 40.5 Å². The van der Waals surface area contributed by atoms with Gasteiger partial charge in [-0.3, -0.25) is 0 Å². The molecule has 0 aromatic heterocycles. The van der Waals surface area contributed by atoms with Crippen LogP contribution in [0.25, 0.3) is 6.08 Å². The molecule has 0 aliphatic rings. The Morgan fingerprint density at radius 1 is 1.29 bits per heavy atom. The number of aliphatic hydroxyl groups is 2. The summed E-state index contributed by atoms with van der Waals surface area (Å²) in [6.45, 7) is -0.394. The van der Waals surface area contributed by atoms with Gasteiger partial charge in [-0.15, -0.1) is 5.73 Å². The van der Waals surface area contributed by atoms with E-state index in [1.807, 2.05) is 18.2 Å². The Kier molecular flexibility index (Phi) is 4.44. The van der Waals surface area contributed by atoms with Gasteiger partial charge < -0.3 is 10.2 Å². The van der Waals surface area contributed by atoms with Gasteiger partial charge in [0.2, 0.25) is 0 Å². The van der Waals surface area contributed by atoms with E-state index in [-0.39, 0.29) is 13.2 Å². The lowest BCUT2D eigenvalue weighted by Gasteiger charge is -1.95. The van der Waals surface area contributed by atoms with E-state index >= 15 is 0 Å². The molecule has 2 N–H and O–H groups in total. The van der Waals surface area contributed by atoms with Crippen molar-refractivity contribution in [2.45, 2.75) is 0 Å². The Hall–Kier alpha value is -1.05. The fraction of sp³-hybridized carbons (Fsp3) is 0.182. The Morgan fingerprint density at radius 3 is 2.50 bits per heavy atom. The summed E-state index contributed by atoms with van der Waals surface area (Å²) < 4.78 is 0. The van der Waals surface area contributed by atoms with Gasteiger partial charge in [0.15, 0.2) is 0 Å². The molecule has 0 aliphatic carbocycles. The van der Waals surface area contributed by atoms with Crippen molar-refractivity contribution >= 4 is 17.7 Å². The molecule has 0 amide bonds. The summed E-state index contributed by atoms with van der Waals surface area (Å²) in [5.74, 6) is 0. The van der Waals surface area contributed by atoms with Gasteiger partial charge in [0.1, 0.15) is 0 Å². The molecule has 0 aliphatic heterocycles. The van der Waals surface area contributed by atoms with Gasteiger partial charge in [0, 0.05) is 16.2 Å². The van der Waals surface area contributed by atoms with Crippen molar-refractivity contribution < 1.29 is 10.2 Å². The molecule has 0 heterocycles. The molecule has 0 bridgehead atoms. The van der Waals surface area contributed by atoms with E-state index < -0.39 is 0 Å². The molecule has 0 spiro atoms. The van der Waals surface area contributed by atoms with E-state index in [0.29, 0.717) is 10.6 Å². The summed E-state index contributed by atoms with van der Waals surface area (Å²) in [4.78, 5) is 0. The Bertz CT molecular complexity index is 359. The van der Waals surface area contributed by atoms with Crippen molar-refractivity contribution in [2.24, 2.45) is 0 Å². The monoisotopic (exact) mass is 210 g/mol. The van der Waals surface area contributed by atoms with Crippen LogP contribution in [0.15, 0.2) is 35.6 Å². The van der Waals surface area contributed by atoms with Crippen LogP contribution in [0, 0.1) is 0 Å². The Balaban J connectivity index is 2.98. The second-order valence-corrected chi connectivity index (χ2v) is 3.14. The third kappa shape index (κ3) is 3.02. The summed E-state index contributed by atoms with van der Waals surface area (Å²) in [5, 5.41) is 18.1. The minimum absolute atomic E-state index is 0.197. The van der Waals surface area contributed by atoms with Crippen molar-refractivity contribution in [2.75, 3.05) is 13.2 Å². The summed E-state index contributed by atoms with van der Waals surface area (Å²) in [6, 6.07) is 7.30.